The van der Waals surface area contributed by atoms with Crippen LogP contribution in [0.25, 0.3) is 0 Å². The Hall–Kier alpha value is -1.71. The van der Waals surface area contributed by atoms with Crippen molar-refractivity contribution in [3.05, 3.63) is 32.8 Å². The fourth-order valence-corrected chi connectivity index (χ4v) is 2.86. The predicted octanol–water partition coefficient (Wildman–Crippen LogP) is 1.36. The van der Waals surface area contributed by atoms with Crippen LogP contribution in [0.4, 0.5) is 5.69 Å². The molecule has 0 fully saturated rings. The summed E-state index contributed by atoms with van der Waals surface area (Å²) in [5.74, 6) is -0.488. The summed E-state index contributed by atoms with van der Waals surface area (Å²) in [6.45, 7) is 3.25. The van der Waals surface area contributed by atoms with Gasteiger partial charge in [0.2, 0.25) is 15.9 Å². The number of nitrogens with zero attached hydrogens (tertiary/aromatic N) is 1. The third-order valence-electron chi connectivity index (χ3n) is 2.79. The third kappa shape index (κ3) is 4.65. The largest absolute Gasteiger partial charge is 0.355 e. The van der Waals surface area contributed by atoms with Crippen molar-refractivity contribution in [1.82, 2.24) is 10.0 Å². The van der Waals surface area contributed by atoms with Crippen LogP contribution >= 0.6 is 11.6 Å². The number of benzene rings is 1. The summed E-state index contributed by atoms with van der Waals surface area (Å²) >= 11 is 5.82. The van der Waals surface area contributed by atoms with E-state index in [0.29, 0.717) is 6.54 Å². The molecule has 2 N–H and O–H groups in total. The van der Waals surface area contributed by atoms with Gasteiger partial charge in [-0.1, -0.05) is 18.5 Å². The van der Waals surface area contributed by atoms with Crippen molar-refractivity contribution in [1.29, 1.82) is 0 Å². The molecule has 0 spiro atoms. The summed E-state index contributed by atoms with van der Waals surface area (Å²) in [4.78, 5) is 21.2. The Bertz CT molecular complexity index is 690. The second-order valence-corrected chi connectivity index (χ2v) is 6.65. The average molecular weight is 350 g/mol. The molecule has 1 rings (SSSR count). The standard InChI is InChI=1S/C12H16ClN3O5S/c1-3-4-14-12(17)7-15-22(20,21)9-5-10(13)8(2)11(6-9)16(18)19/h5-6,15H,3-4,7H2,1-2H3,(H,14,17). The van der Waals surface area contributed by atoms with Crippen LogP contribution in [0.3, 0.4) is 0 Å². The number of rotatable bonds is 7. The molecule has 1 aromatic rings. The monoisotopic (exact) mass is 349 g/mol. The molecule has 22 heavy (non-hydrogen) atoms. The maximum Gasteiger partial charge on any atom is 0.275 e. The van der Waals surface area contributed by atoms with E-state index in [0.717, 1.165) is 18.6 Å². The van der Waals surface area contributed by atoms with Crippen LogP contribution in [0.5, 0.6) is 0 Å². The van der Waals surface area contributed by atoms with Gasteiger partial charge in [0.1, 0.15) is 0 Å². The van der Waals surface area contributed by atoms with Gasteiger partial charge in [0.15, 0.2) is 0 Å². The Morgan fingerprint density at radius 2 is 2.05 bits per heavy atom. The van der Waals surface area contributed by atoms with Gasteiger partial charge >= 0.3 is 0 Å². The van der Waals surface area contributed by atoms with Crippen LogP contribution in [0, 0.1) is 17.0 Å². The number of carbonyl (C=O) groups is 1. The molecule has 0 saturated carbocycles. The lowest BCUT2D eigenvalue weighted by atomic mass is 10.2. The lowest BCUT2D eigenvalue weighted by Gasteiger charge is -2.09. The van der Waals surface area contributed by atoms with Gasteiger partial charge in [-0.2, -0.15) is 0 Å². The van der Waals surface area contributed by atoms with E-state index in [2.05, 4.69) is 10.0 Å². The Labute approximate surface area is 133 Å². The topological polar surface area (TPSA) is 118 Å². The molecule has 1 amide bonds. The third-order valence-corrected chi connectivity index (χ3v) is 4.57. The molecular formula is C12H16ClN3O5S. The molecule has 0 unspecified atom stereocenters. The van der Waals surface area contributed by atoms with Gasteiger partial charge in [0.25, 0.3) is 5.69 Å². The van der Waals surface area contributed by atoms with E-state index in [9.17, 15) is 23.3 Å². The first-order valence-corrected chi connectivity index (χ1v) is 8.26. The SMILES string of the molecule is CCCNC(=O)CNS(=O)(=O)c1cc(Cl)c(C)c([N+](=O)[O-])c1. The minimum Gasteiger partial charge on any atom is -0.355 e. The number of nitro benzene ring substituents is 1. The van der Waals surface area contributed by atoms with E-state index in [-0.39, 0.29) is 15.5 Å². The van der Waals surface area contributed by atoms with E-state index in [4.69, 9.17) is 11.6 Å². The molecule has 0 aromatic heterocycles. The molecular weight excluding hydrogens is 334 g/mol. The van der Waals surface area contributed by atoms with Crippen molar-refractivity contribution in [2.75, 3.05) is 13.1 Å². The number of sulfonamides is 1. The van der Waals surface area contributed by atoms with Gasteiger partial charge in [-0.15, -0.1) is 0 Å². The van der Waals surface area contributed by atoms with Gasteiger partial charge in [-0.3, -0.25) is 14.9 Å². The molecule has 0 aliphatic rings. The normalized spacial score (nSPS) is 11.2. The number of amides is 1. The van der Waals surface area contributed by atoms with E-state index in [1.165, 1.54) is 6.92 Å². The molecule has 1 aromatic carbocycles. The number of nitro groups is 1. The fourth-order valence-electron chi connectivity index (χ4n) is 1.56. The summed E-state index contributed by atoms with van der Waals surface area (Å²) in [7, 11) is -4.08. The van der Waals surface area contributed by atoms with Crippen LogP contribution in [-0.2, 0) is 14.8 Å². The van der Waals surface area contributed by atoms with Crippen LogP contribution in [0.1, 0.15) is 18.9 Å². The Morgan fingerprint density at radius 1 is 1.41 bits per heavy atom. The molecule has 0 saturated heterocycles. The first-order chi connectivity index (χ1) is 10.2. The molecule has 0 heterocycles. The second kappa shape index (κ2) is 7.52. The summed E-state index contributed by atoms with van der Waals surface area (Å²) in [5.41, 5.74) is -0.227. The van der Waals surface area contributed by atoms with Crippen molar-refractivity contribution in [3.63, 3.8) is 0 Å². The summed E-state index contributed by atoms with van der Waals surface area (Å²) in [5, 5.41) is 13.4. The van der Waals surface area contributed by atoms with Crippen LogP contribution in [-0.4, -0.2) is 32.3 Å². The van der Waals surface area contributed by atoms with E-state index >= 15 is 0 Å². The Morgan fingerprint density at radius 3 is 2.59 bits per heavy atom. The smallest absolute Gasteiger partial charge is 0.275 e. The van der Waals surface area contributed by atoms with Crippen molar-refractivity contribution in [2.45, 2.75) is 25.2 Å². The van der Waals surface area contributed by atoms with Gasteiger partial charge in [0.05, 0.1) is 21.4 Å². The zero-order valence-electron chi connectivity index (χ0n) is 12.1. The lowest BCUT2D eigenvalue weighted by molar-refractivity contribution is -0.385. The predicted molar refractivity (Wildman–Crippen MR) is 81.3 cm³/mol. The zero-order chi connectivity index (χ0) is 16.9. The highest BCUT2D eigenvalue weighted by Crippen LogP contribution is 2.29. The number of hydrogen-bond acceptors (Lipinski definition) is 5. The quantitative estimate of drug-likeness (QED) is 0.569. The van der Waals surface area contributed by atoms with Gasteiger partial charge in [0, 0.05) is 18.2 Å². The summed E-state index contributed by atoms with van der Waals surface area (Å²) in [6.07, 6.45) is 0.720. The van der Waals surface area contributed by atoms with Crippen molar-refractivity contribution >= 4 is 33.2 Å². The maximum absolute atomic E-state index is 12.1. The van der Waals surface area contributed by atoms with Crippen molar-refractivity contribution in [2.24, 2.45) is 0 Å². The van der Waals surface area contributed by atoms with Crippen LogP contribution in [0.15, 0.2) is 17.0 Å². The summed E-state index contributed by atoms with van der Waals surface area (Å²) < 4.78 is 26.2. The summed E-state index contributed by atoms with van der Waals surface area (Å²) in [6, 6.07) is 2.02. The maximum atomic E-state index is 12.1. The fraction of sp³-hybridized carbons (Fsp3) is 0.417. The number of nitrogens with one attached hydrogen (secondary N) is 2. The lowest BCUT2D eigenvalue weighted by Crippen LogP contribution is -2.37. The van der Waals surface area contributed by atoms with Crippen molar-refractivity contribution < 1.29 is 18.1 Å². The Kier molecular flexibility index (Phi) is 6.27. The molecule has 8 nitrogen and oxygen atoms in total. The van der Waals surface area contributed by atoms with Crippen molar-refractivity contribution in [3.8, 4) is 0 Å². The van der Waals surface area contributed by atoms with E-state index < -0.39 is 33.1 Å². The molecule has 0 radical (unpaired) electrons. The number of carbonyl (C=O) groups excluding carboxylic acids is 1. The average Bonchev–Trinajstić information content (AvgIpc) is 2.45. The molecule has 0 aliphatic heterocycles. The Balaban J connectivity index is 2.99. The molecule has 0 bridgehead atoms. The molecule has 122 valence electrons. The van der Waals surface area contributed by atoms with Gasteiger partial charge in [-0.05, 0) is 19.4 Å². The number of halogens is 1. The van der Waals surface area contributed by atoms with Gasteiger partial charge < -0.3 is 5.32 Å². The highest BCUT2D eigenvalue weighted by atomic mass is 35.5. The first-order valence-electron chi connectivity index (χ1n) is 6.40. The van der Waals surface area contributed by atoms with E-state index in [1.807, 2.05) is 6.92 Å². The molecule has 10 heteroatoms. The minimum absolute atomic E-state index is 0.0370. The first kappa shape index (κ1) is 18.3. The van der Waals surface area contributed by atoms with Crippen LogP contribution in [0.2, 0.25) is 5.02 Å². The zero-order valence-corrected chi connectivity index (χ0v) is 13.6. The highest BCUT2D eigenvalue weighted by Gasteiger charge is 2.22. The number of hydrogen-bond donors (Lipinski definition) is 2. The second-order valence-electron chi connectivity index (χ2n) is 4.48. The molecule has 0 aliphatic carbocycles. The van der Waals surface area contributed by atoms with Crippen LogP contribution < -0.4 is 10.0 Å². The van der Waals surface area contributed by atoms with E-state index in [1.54, 1.807) is 0 Å². The molecule has 0 atom stereocenters. The highest BCUT2D eigenvalue weighted by molar-refractivity contribution is 7.89. The minimum atomic E-state index is -4.08. The van der Waals surface area contributed by atoms with Gasteiger partial charge in [-0.25, -0.2) is 13.1 Å².